The van der Waals surface area contributed by atoms with Crippen LogP contribution in [0.4, 0.5) is 0 Å². The summed E-state index contributed by atoms with van der Waals surface area (Å²) >= 11 is 4.23. The van der Waals surface area contributed by atoms with E-state index in [2.05, 4.69) is 46.4 Å². The molecule has 22 heavy (non-hydrogen) atoms. The molecule has 130 valence electrons. The summed E-state index contributed by atoms with van der Waals surface area (Å²) in [5, 5.41) is 0. The summed E-state index contributed by atoms with van der Waals surface area (Å²) in [5.74, 6) is 2.55. The van der Waals surface area contributed by atoms with Crippen LogP contribution in [0.2, 0.25) is 0 Å². The van der Waals surface area contributed by atoms with E-state index in [-0.39, 0.29) is 0 Å². The van der Waals surface area contributed by atoms with Crippen LogP contribution in [0.3, 0.4) is 0 Å². The van der Waals surface area contributed by atoms with E-state index in [1.54, 1.807) is 0 Å². The van der Waals surface area contributed by atoms with Gasteiger partial charge in [0.15, 0.2) is 0 Å². The van der Waals surface area contributed by atoms with Gasteiger partial charge >= 0.3 is 0 Å². The first-order chi connectivity index (χ1) is 10.8. The van der Waals surface area contributed by atoms with Crippen LogP contribution in [0.15, 0.2) is 0 Å². The van der Waals surface area contributed by atoms with Crippen LogP contribution in [-0.2, 0) is 0 Å². The molecule has 2 saturated carbocycles. The van der Waals surface area contributed by atoms with E-state index in [1.807, 2.05) is 0 Å². The van der Waals surface area contributed by atoms with E-state index in [4.69, 9.17) is 0 Å². The molecule has 2 aliphatic carbocycles. The second-order valence-corrected chi connectivity index (χ2v) is 8.99. The van der Waals surface area contributed by atoms with Crippen molar-refractivity contribution in [3.63, 3.8) is 0 Å². The highest BCUT2D eigenvalue weighted by molar-refractivity contribution is 8.00. The van der Waals surface area contributed by atoms with Gasteiger partial charge in [0.05, 0.1) is 0 Å². The monoisotopic (exact) mass is 344 g/mol. The number of hydrogen-bond donors (Lipinski definition) is 0. The van der Waals surface area contributed by atoms with Gasteiger partial charge in [-0.15, -0.1) is 0 Å². The van der Waals surface area contributed by atoms with Crippen LogP contribution in [-0.4, -0.2) is 45.3 Å². The van der Waals surface area contributed by atoms with Crippen LogP contribution in [0.1, 0.15) is 78.1 Å². The summed E-state index contributed by atoms with van der Waals surface area (Å²) in [6.45, 7) is 7.07. The van der Waals surface area contributed by atoms with Crippen molar-refractivity contribution in [2.45, 2.75) is 90.1 Å². The third kappa shape index (κ3) is 6.26. The molecule has 4 heteroatoms. The highest BCUT2D eigenvalue weighted by Crippen LogP contribution is 2.30. The van der Waals surface area contributed by atoms with Crippen molar-refractivity contribution in [2.24, 2.45) is 0 Å². The first kappa shape index (κ1) is 19.0. The molecule has 2 fully saturated rings. The van der Waals surface area contributed by atoms with Gasteiger partial charge in [-0.1, -0.05) is 76.3 Å². The van der Waals surface area contributed by atoms with E-state index < -0.39 is 0 Å². The van der Waals surface area contributed by atoms with E-state index in [9.17, 15) is 0 Å². The third-order valence-electron chi connectivity index (χ3n) is 5.18. The second kappa shape index (κ2) is 11.2. The molecular weight excluding hydrogens is 308 g/mol. The molecule has 2 aliphatic rings. The zero-order valence-corrected chi connectivity index (χ0v) is 16.4. The maximum absolute atomic E-state index is 2.68. The molecule has 0 unspecified atom stereocenters. The molecular formula is C18H36N2S2. The molecule has 0 amide bonds. The van der Waals surface area contributed by atoms with E-state index in [0.29, 0.717) is 0 Å². The molecule has 2 rings (SSSR count). The summed E-state index contributed by atoms with van der Waals surface area (Å²) in [6.07, 6.45) is 14.4. The molecule has 0 saturated heterocycles. The Labute approximate surface area is 147 Å². The molecule has 0 radical (unpaired) electrons. The van der Waals surface area contributed by atoms with Crippen molar-refractivity contribution >= 4 is 23.9 Å². The fraction of sp³-hybridized carbons (Fsp3) is 1.00. The first-order valence-electron chi connectivity index (χ1n) is 9.64. The van der Waals surface area contributed by atoms with Crippen LogP contribution >= 0.6 is 23.9 Å². The summed E-state index contributed by atoms with van der Waals surface area (Å²) in [4.78, 5) is 0. The average Bonchev–Trinajstić information content (AvgIpc) is 2.60. The number of nitrogens with zero attached hydrogens (tertiary/aromatic N) is 2. The van der Waals surface area contributed by atoms with Gasteiger partial charge < -0.3 is 0 Å². The second-order valence-electron chi connectivity index (χ2n) is 6.72. The Bertz CT molecular complexity index is 248. The Hall–Kier alpha value is 0.620. The summed E-state index contributed by atoms with van der Waals surface area (Å²) < 4.78 is 5.35. The average molecular weight is 345 g/mol. The van der Waals surface area contributed by atoms with Crippen molar-refractivity contribution in [1.29, 1.82) is 0 Å². The van der Waals surface area contributed by atoms with E-state index in [1.165, 1.54) is 88.8 Å². The normalized spacial score (nSPS) is 21.8. The fourth-order valence-corrected chi connectivity index (χ4v) is 6.23. The molecule has 0 aromatic heterocycles. The first-order valence-corrected chi connectivity index (χ1v) is 11.5. The Morgan fingerprint density at radius 3 is 1.32 bits per heavy atom. The van der Waals surface area contributed by atoms with Gasteiger partial charge in [-0.05, 0) is 25.7 Å². The molecule has 0 heterocycles. The van der Waals surface area contributed by atoms with Gasteiger partial charge in [-0.3, -0.25) is 0 Å². The summed E-state index contributed by atoms with van der Waals surface area (Å²) in [5.41, 5.74) is 0. The van der Waals surface area contributed by atoms with Gasteiger partial charge in [-0.25, -0.2) is 8.61 Å². The van der Waals surface area contributed by atoms with Crippen molar-refractivity contribution in [1.82, 2.24) is 8.61 Å². The molecule has 0 atom stereocenters. The highest BCUT2D eigenvalue weighted by atomic mass is 32.2. The predicted octanol–water partition coefficient (Wildman–Crippen LogP) is 5.59. The van der Waals surface area contributed by atoms with Gasteiger partial charge in [0.1, 0.15) is 0 Å². The van der Waals surface area contributed by atoms with Crippen molar-refractivity contribution in [3.05, 3.63) is 0 Å². The molecule has 0 aromatic carbocycles. The van der Waals surface area contributed by atoms with Crippen molar-refractivity contribution in [2.75, 3.05) is 24.6 Å². The quantitative estimate of drug-likeness (QED) is 0.397. The zero-order chi connectivity index (χ0) is 15.6. The van der Waals surface area contributed by atoms with E-state index >= 15 is 0 Å². The lowest BCUT2D eigenvalue weighted by atomic mass is 9.95. The minimum absolute atomic E-state index is 0.856. The maximum Gasteiger partial charge on any atom is 0.0202 e. The van der Waals surface area contributed by atoms with Gasteiger partial charge in [0.2, 0.25) is 0 Å². The highest BCUT2D eigenvalue weighted by Gasteiger charge is 2.22. The standard InChI is InChI=1S/C18H36N2S2/c1-3-19(17-11-7-5-8-12-17)21-15-16-22-20(4-2)18-13-9-6-10-14-18/h17-18H,3-16H2,1-2H3. The smallest absolute Gasteiger partial charge is 0.0202 e. The maximum atomic E-state index is 2.68. The third-order valence-corrected chi connectivity index (χ3v) is 7.99. The molecule has 0 bridgehead atoms. The van der Waals surface area contributed by atoms with Crippen LogP contribution in [0.25, 0.3) is 0 Å². The fourth-order valence-electron chi connectivity index (χ4n) is 3.96. The predicted molar refractivity (Wildman–Crippen MR) is 103 cm³/mol. The van der Waals surface area contributed by atoms with Gasteiger partial charge in [-0.2, -0.15) is 0 Å². The summed E-state index contributed by atoms with van der Waals surface area (Å²) in [7, 11) is 0. The minimum Gasteiger partial charge on any atom is -0.248 e. The van der Waals surface area contributed by atoms with Crippen LogP contribution in [0.5, 0.6) is 0 Å². The van der Waals surface area contributed by atoms with Crippen LogP contribution < -0.4 is 0 Å². The largest absolute Gasteiger partial charge is 0.248 e. The Morgan fingerprint density at radius 1 is 0.636 bits per heavy atom. The van der Waals surface area contributed by atoms with Crippen molar-refractivity contribution < 1.29 is 0 Å². The summed E-state index contributed by atoms with van der Waals surface area (Å²) in [6, 6.07) is 1.71. The van der Waals surface area contributed by atoms with Gasteiger partial charge in [0.25, 0.3) is 0 Å². The lowest BCUT2D eigenvalue weighted by Gasteiger charge is -2.34. The Morgan fingerprint density at radius 2 is 1.00 bits per heavy atom. The molecule has 2 nitrogen and oxygen atoms in total. The lowest BCUT2D eigenvalue weighted by molar-refractivity contribution is 0.280. The molecule has 0 aliphatic heterocycles. The Kier molecular flexibility index (Phi) is 9.67. The topological polar surface area (TPSA) is 6.48 Å². The lowest BCUT2D eigenvalue weighted by Crippen LogP contribution is -2.33. The van der Waals surface area contributed by atoms with Gasteiger partial charge in [0, 0.05) is 36.7 Å². The van der Waals surface area contributed by atoms with Crippen LogP contribution in [0, 0.1) is 0 Å². The molecule has 0 N–H and O–H groups in total. The number of hydrogen-bond acceptors (Lipinski definition) is 4. The SMILES string of the molecule is CCN(SCCSN(CC)C1CCCCC1)C1CCCCC1. The van der Waals surface area contributed by atoms with E-state index in [0.717, 1.165) is 12.1 Å². The van der Waals surface area contributed by atoms with Crippen molar-refractivity contribution in [3.8, 4) is 0 Å². The zero-order valence-electron chi connectivity index (χ0n) is 14.8. The Balaban J connectivity index is 1.63. The molecule has 0 spiro atoms. The number of rotatable bonds is 9. The minimum atomic E-state index is 0.856. The molecule has 0 aromatic rings.